The monoisotopic (exact) mass is 400 g/mol. The van der Waals surface area contributed by atoms with Crippen LogP contribution in [-0.2, 0) is 14.6 Å². The van der Waals surface area contributed by atoms with E-state index in [0.717, 1.165) is 11.3 Å². The van der Waals surface area contributed by atoms with E-state index in [1.54, 1.807) is 42.5 Å². The van der Waals surface area contributed by atoms with Crippen LogP contribution >= 0.6 is 11.3 Å². The highest BCUT2D eigenvalue weighted by molar-refractivity contribution is 7.93. The SMILES string of the molecule is CC(=O)Nc1ccc(NC(=O)c2ccc(S(=O)(=O)c3ccccc3)s2)cc1. The molecular weight excluding hydrogens is 384 g/mol. The van der Waals surface area contributed by atoms with Gasteiger partial charge in [0, 0.05) is 18.3 Å². The second-order valence-electron chi connectivity index (χ2n) is 5.65. The number of sulfone groups is 1. The van der Waals surface area contributed by atoms with Gasteiger partial charge in [-0.1, -0.05) is 18.2 Å². The smallest absolute Gasteiger partial charge is 0.265 e. The first-order valence-corrected chi connectivity index (χ1v) is 10.3. The van der Waals surface area contributed by atoms with Gasteiger partial charge in [-0.25, -0.2) is 8.42 Å². The van der Waals surface area contributed by atoms with Gasteiger partial charge in [0.25, 0.3) is 5.91 Å². The van der Waals surface area contributed by atoms with Crippen LogP contribution in [0.3, 0.4) is 0 Å². The highest BCUT2D eigenvalue weighted by Crippen LogP contribution is 2.28. The summed E-state index contributed by atoms with van der Waals surface area (Å²) in [6, 6.07) is 17.6. The van der Waals surface area contributed by atoms with Gasteiger partial charge >= 0.3 is 0 Å². The summed E-state index contributed by atoms with van der Waals surface area (Å²) in [6.45, 7) is 1.41. The first-order chi connectivity index (χ1) is 12.9. The molecule has 0 atom stereocenters. The van der Waals surface area contributed by atoms with Crippen molar-refractivity contribution in [2.75, 3.05) is 10.6 Å². The number of thiophene rings is 1. The van der Waals surface area contributed by atoms with Crippen LogP contribution in [0.1, 0.15) is 16.6 Å². The second-order valence-corrected chi connectivity index (χ2v) is 8.91. The first kappa shape index (κ1) is 18.8. The lowest BCUT2D eigenvalue weighted by atomic mass is 10.2. The Bertz CT molecular complexity index is 1070. The van der Waals surface area contributed by atoms with Crippen molar-refractivity contribution in [1.82, 2.24) is 0 Å². The predicted molar refractivity (Wildman–Crippen MR) is 105 cm³/mol. The standard InChI is InChI=1S/C19H16N2O4S2/c1-13(22)20-14-7-9-15(10-8-14)21-19(23)17-11-12-18(26-17)27(24,25)16-5-3-2-4-6-16/h2-12H,1H3,(H,20,22)(H,21,23). The normalized spacial score (nSPS) is 11.0. The van der Waals surface area contributed by atoms with Gasteiger partial charge in [0.15, 0.2) is 0 Å². The summed E-state index contributed by atoms with van der Waals surface area (Å²) in [4.78, 5) is 23.9. The van der Waals surface area contributed by atoms with Crippen molar-refractivity contribution in [3.05, 3.63) is 71.6 Å². The number of nitrogens with one attached hydrogen (secondary N) is 2. The van der Waals surface area contributed by atoms with Crippen molar-refractivity contribution < 1.29 is 18.0 Å². The zero-order valence-corrected chi connectivity index (χ0v) is 15.9. The Morgan fingerprint density at radius 2 is 1.41 bits per heavy atom. The number of anilines is 2. The lowest BCUT2D eigenvalue weighted by molar-refractivity contribution is -0.114. The molecule has 3 aromatic rings. The number of hydrogen-bond donors (Lipinski definition) is 2. The second kappa shape index (κ2) is 7.73. The van der Waals surface area contributed by atoms with Crippen LogP contribution < -0.4 is 10.6 Å². The topological polar surface area (TPSA) is 92.3 Å². The fourth-order valence-corrected chi connectivity index (χ4v) is 4.96. The van der Waals surface area contributed by atoms with E-state index >= 15 is 0 Å². The third-order valence-corrected chi connectivity index (χ3v) is 6.93. The quantitative estimate of drug-likeness (QED) is 0.681. The van der Waals surface area contributed by atoms with Crippen LogP contribution in [0.25, 0.3) is 0 Å². The fraction of sp³-hybridized carbons (Fsp3) is 0.0526. The van der Waals surface area contributed by atoms with Crippen LogP contribution in [0.5, 0.6) is 0 Å². The number of carbonyl (C=O) groups is 2. The Morgan fingerprint density at radius 3 is 2.00 bits per heavy atom. The van der Waals surface area contributed by atoms with Crippen LogP contribution in [0.15, 0.2) is 75.8 Å². The van der Waals surface area contributed by atoms with E-state index in [0.29, 0.717) is 11.4 Å². The van der Waals surface area contributed by atoms with Crippen LogP contribution in [0.4, 0.5) is 11.4 Å². The maximum atomic E-state index is 12.6. The van der Waals surface area contributed by atoms with Crippen molar-refractivity contribution in [1.29, 1.82) is 0 Å². The molecule has 0 saturated heterocycles. The Labute approximate surface area is 160 Å². The molecule has 3 rings (SSSR count). The van der Waals surface area contributed by atoms with Gasteiger partial charge in [0.2, 0.25) is 15.7 Å². The minimum atomic E-state index is -3.64. The molecule has 0 saturated carbocycles. The highest BCUT2D eigenvalue weighted by Gasteiger charge is 2.21. The summed E-state index contributed by atoms with van der Waals surface area (Å²) in [5, 5.41) is 5.34. The van der Waals surface area contributed by atoms with E-state index in [1.807, 2.05) is 0 Å². The third-order valence-electron chi connectivity index (χ3n) is 3.59. The number of carbonyl (C=O) groups excluding carboxylic acids is 2. The van der Waals surface area contributed by atoms with Gasteiger partial charge in [-0.05, 0) is 48.5 Å². The molecule has 0 radical (unpaired) electrons. The Kier molecular flexibility index (Phi) is 5.38. The molecule has 0 bridgehead atoms. The van der Waals surface area contributed by atoms with Gasteiger partial charge in [0.1, 0.15) is 4.21 Å². The predicted octanol–water partition coefficient (Wildman–Crippen LogP) is 3.79. The molecule has 27 heavy (non-hydrogen) atoms. The van der Waals surface area contributed by atoms with E-state index in [9.17, 15) is 18.0 Å². The number of amides is 2. The molecule has 138 valence electrons. The Balaban J connectivity index is 1.74. The molecule has 0 unspecified atom stereocenters. The lowest BCUT2D eigenvalue weighted by Gasteiger charge is -2.06. The minimum absolute atomic E-state index is 0.111. The van der Waals surface area contributed by atoms with Crippen molar-refractivity contribution in [2.45, 2.75) is 16.0 Å². The zero-order chi connectivity index (χ0) is 19.4. The largest absolute Gasteiger partial charge is 0.326 e. The maximum absolute atomic E-state index is 12.6. The van der Waals surface area contributed by atoms with E-state index in [-0.39, 0.29) is 19.9 Å². The highest BCUT2D eigenvalue weighted by atomic mass is 32.2. The maximum Gasteiger partial charge on any atom is 0.265 e. The number of hydrogen-bond acceptors (Lipinski definition) is 5. The molecule has 0 aliphatic rings. The van der Waals surface area contributed by atoms with Crippen LogP contribution in [-0.4, -0.2) is 20.2 Å². The third kappa shape index (κ3) is 4.42. The van der Waals surface area contributed by atoms with E-state index in [2.05, 4.69) is 10.6 Å². The van der Waals surface area contributed by atoms with Crippen LogP contribution in [0.2, 0.25) is 0 Å². The Hall–Kier alpha value is -2.97. The van der Waals surface area contributed by atoms with Crippen molar-refractivity contribution in [2.24, 2.45) is 0 Å². The molecule has 1 aromatic heterocycles. The molecule has 2 N–H and O–H groups in total. The zero-order valence-electron chi connectivity index (χ0n) is 14.3. The van der Waals surface area contributed by atoms with Gasteiger partial charge in [-0.3, -0.25) is 9.59 Å². The molecule has 0 spiro atoms. The molecule has 2 amide bonds. The lowest BCUT2D eigenvalue weighted by Crippen LogP contribution is -2.10. The minimum Gasteiger partial charge on any atom is -0.326 e. The summed E-state index contributed by atoms with van der Waals surface area (Å²) in [5.74, 6) is -0.584. The van der Waals surface area contributed by atoms with Crippen LogP contribution in [0, 0.1) is 0 Å². The summed E-state index contributed by atoms with van der Waals surface area (Å²) in [6.07, 6.45) is 0. The summed E-state index contributed by atoms with van der Waals surface area (Å²) in [7, 11) is -3.64. The molecule has 8 heteroatoms. The van der Waals surface area contributed by atoms with Crippen molar-refractivity contribution in [3.8, 4) is 0 Å². The molecule has 0 aliphatic heterocycles. The summed E-state index contributed by atoms with van der Waals surface area (Å²) < 4.78 is 25.3. The van der Waals surface area contributed by atoms with Gasteiger partial charge in [0.05, 0.1) is 9.77 Å². The van der Waals surface area contributed by atoms with Crippen molar-refractivity contribution >= 4 is 44.4 Å². The van der Waals surface area contributed by atoms with Gasteiger partial charge in [-0.15, -0.1) is 11.3 Å². The molecule has 2 aromatic carbocycles. The van der Waals surface area contributed by atoms with Gasteiger partial charge in [-0.2, -0.15) is 0 Å². The Morgan fingerprint density at radius 1 is 0.815 bits per heavy atom. The first-order valence-electron chi connectivity index (χ1n) is 7.95. The van der Waals surface area contributed by atoms with E-state index < -0.39 is 15.7 Å². The van der Waals surface area contributed by atoms with E-state index in [1.165, 1.54) is 31.2 Å². The number of rotatable bonds is 5. The molecule has 0 aliphatic carbocycles. The average molecular weight is 400 g/mol. The molecule has 6 nitrogen and oxygen atoms in total. The average Bonchev–Trinajstić information content (AvgIpc) is 3.15. The molecule has 1 heterocycles. The molecule has 0 fully saturated rings. The van der Waals surface area contributed by atoms with Gasteiger partial charge < -0.3 is 10.6 Å². The van der Waals surface area contributed by atoms with Crippen molar-refractivity contribution in [3.63, 3.8) is 0 Å². The summed E-state index contributed by atoms with van der Waals surface area (Å²) in [5.41, 5.74) is 1.16. The summed E-state index contributed by atoms with van der Waals surface area (Å²) >= 11 is 0.917. The molecular formula is C19H16N2O4S2. The number of benzene rings is 2. The van der Waals surface area contributed by atoms with E-state index in [4.69, 9.17) is 0 Å². The fourth-order valence-electron chi connectivity index (χ4n) is 2.34.